The van der Waals surface area contributed by atoms with E-state index in [-0.39, 0.29) is 22.8 Å². The fraction of sp³-hybridized carbons (Fsp3) is 0.474. The molecule has 0 N–H and O–H groups in total. The standard InChI is InChI=1S/C19H22F5N3O3S2/c1-4-31-16-9-13(26-32(29,5-2)6-3)11-27(28)17(16)15-8-7-14(10-25-15)30-12-18(20,21)19(22,23)24/h7-11H,4-6,12H2,1-3H3. The van der Waals surface area contributed by atoms with Gasteiger partial charge in [0.15, 0.2) is 6.61 Å². The predicted molar refractivity (Wildman–Crippen MR) is 113 cm³/mol. The maximum absolute atomic E-state index is 13.0. The highest BCUT2D eigenvalue weighted by atomic mass is 32.2. The van der Waals surface area contributed by atoms with Crippen LogP contribution in [0.25, 0.3) is 11.4 Å². The first-order valence-corrected chi connectivity index (χ1v) is 12.4. The zero-order valence-electron chi connectivity index (χ0n) is 17.5. The molecule has 2 heterocycles. The molecule has 0 amide bonds. The summed E-state index contributed by atoms with van der Waals surface area (Å²) in [6.45, 7) is 3.46. The topological polar surface area (TPSA) is 78.5 Å². The molecule has 0 spiro atoms. The van der Waals surface area contributed by atoms with Crippen LogP contribution < -0.4 is 9.47 Å². The molecule has 32 heavy (non-hydrogen) atoms. The second-order valence-corrected chi connectivity index (χ2v) is 10.7. The highest BCUT2D eigenvalue weighted by Gasteiger charge is 2.58. The average molecular weight is 500 g/mol. The summed E-state index contributed by atoms with van der Waals surface area (Å²) in [5, 5.41) is 12.7. The van der Waals surface area contributed by atoms with E-state index in [2.05, 4.69) is 14.1 Å². The lowest BCUT2D eigenvalue weighted by molar-refractivity contribution is -0.595. The van der Waals surface area contributed by atoms with Gasteiger partial charge in [0.05, 0.1) is 20.8 Å². The Kier molecular flexibility index (Phi) is 8.32. The number of hydrogen-bond donors (Lipinski definition) is 0. The molecule has 2 aromatic heterocycles. The Morgan fingerprint density at radius 2 is 1.84 bits per heavy atom. The number of ether oxygens (including phenoxy) is 1. The number of halogens is 5. The summed E-state index contributed by atoms with van der Waals surface area (Å²) < 4.78 is 84.7. The zero-order chi connectivity index (χ0) is 24.2. The van der Waals surface area contributed by atoms with Crippen LogP contribution in [0, 0.1) is 5.21 Å². The maximum Gasteiger partial charge on any atom is 0.456 e. The van der Waals surface area contributed by atoms with Crippen LogP contribution >= 0.6 is 11.8 Å². The smallest absolute Gasteiger partial charge is 0.456 e. The SMILES string of the molecule is CCSc1cc(N=S(=O)(CC)CC)c[n+]([O-])c1-c1ccc(OCC(F)(F)C(F)(F)F)cn1. The molecular weight excluding hydrogens is 477 g/mol. The van der Waals surface area contributed by atoms with Crippen molar-refractivity contribution in [3.63, 3.8) is 0 Å². The third kappa shape index (κ3) is 6.21. The molecule has 6 nitrogen and oxygen atoms in total. The van der Waals surface area contributed by atoms with Gasteiger partial charge in [-0.2, -0.15) is 31.0 Å². The molecular formula is C19H22F5N3O3S2. The Morgan fingerprint density at radius 3 is 2.34 bits per heavy atom. The Morgan fingerprint density at radius 1 is 1.19 bits per heavy atom. The van der Waals surface area contributed by atoms with Crippen LogP contribution in [0.15, 0.2) is 39.9 Å². The van der Waals surface area contributed by atoms with Gasteiger partial charge in [-0.15, -0.1) is 11.8 Å². The summed E-state index contributed by atoms with van der Waals surface area (Å²) in [4.78, 5) is 4.48. The monoisotopic (exact) mass is 499 g/mol. The van der Waals surface area contributed by atoms with E-state index < -0.39 is 28.4 Å². The van der Waals surface area contributed by atoms with Gasteiger partial charge in [0.1, 0.15) is 17.1 Å². The summed E-state index contributed by atoms with van der Waals surface area (Å²) in [7, 11) is -2.49. The van der Waals surface area contributed by atoms with E-state index in [1.54, 1.807) is 19.9 Å². The molecule has 0 unspecified atom stereocenters. The second-order valence-electron chi connectivity index (χ2n) is 6.48. The second kappa shape index (κ2) is 10.2. The summed E-state index contributed by atoms with van der Waals surface area (Å²) >= 11 is 1.32. The third-order valence-corrected chi connectivity index (χ3v) is 7.53. The van der Waals surface area contributed by atoms with Crippen LogP contribution in [0.1, 0.15) is 20.8 Å². The van der Waals surface area contributed by atoms with Crippen LogP contribution in [-0.2, 0) is 9.73 Å². The average Bonchev–Trinajstić information content (AvgIpc) is 2.72. The van der Waals surface area contributed by atoms with Crippen molar-refractivity contribution in [2.24, 2.45) is 4.36 Å². The number of pyridine rings is 2. The van der Waals surface area contributed by atoms with Crippen LogP contribution in [0.4, 0.5) is 27.6 Å². The van der Waals surface area contributed by atoms with Gasteiger partial charge in [-0.25, -0.2) is 9.19 Å². The van der Waals surface area contributed by atoms with Gasteiger partial charge in [-0.1, -0.05) is 20.8 Å². The molecule has 0 bridgehead atoms. The minimum absolute atomic E-state index is 0.141. The molecule has 2 rings (SSSR count). The normalized spacial score (nSPS) is 12.6. The lowest BCUT2D eigenvalue weighted by atomic mass is 10.2. The summed E-state index contributed by atoms with van der Waals surface area (Å²) in [5.74, 6) is -4.06. The summed E-state index contributed by atoms with van der Waals surface area (Å²) in [6.07, 6.45) is -3.61. The highest BCUT2D eigenvalue weighted by Crippen LogP contribution is 2.36. The number of nitrogens with zero attached hydrogens (tertiary/aromatic N) is 3. The first kappa shape index (κ1) is 26.1. The Labute approximate surface area is 187 Å². The molecule has 0 aromatic carbocycles. The number of aromatic nitrogens is 2. The van der Waals surface area contributed by atoms with Gasteiger partial charge in [-0.3, -0.25) is 0 Å². The van der Waals surface area contributed by atoms with Crippen LogP contribution in [0.5, 0.6) is 5.75 Å². The molecule has 0 atom stereocenters. The number of hydrogen-bond acceptors (Lipinski definition) is 6. The van der Waals surface area contributed by atoms with Gasteiger partial charge >= 0.3 is 12.1 Å². The minimum Gasteiger partial charge on any atom is -0.618 e. The fourth-order valence-corrected chi connectivity index (χ4v) is 4.47. The van der Waals surface area contributed by atoms with Crippen LogP contribution in [-0.4, -0.2) is 45.2 Å². The molecule has 0 aliphatic heterocycles. The van der Waals surface area contributed by atoms with Crippen molar-refractivity contribution < 1.29 is 35.6 Å². The first-order chi connectivity index (χ1) is 14.9. The molecule has 2 aromatic rings. The highest BCUT2D eigenvalue weighted by molar-refractivity contribution is 7.99. The maximum atomic E-state index is 13.0. The van der Waals surface area contributed by atoms with E-state index in [4.69, 9.17) is 0 Å². The van der Waals surface area contributed by atoms with Gasteiger partial charge in [-0.05, 0) is 24.0 Å². The molecule has 0 radical (unpaired) electrons. The summed E-state index contributed by atoms with van der Waals surface area (Å²) in [5.41, 5.74) is 0.550. The van der Waals surface area contributed by atoms with Crippen molar-refractivity contribution in [1.82, 2.24) is 4.98 Å². The number of thioether (sulfide) groups is 1. The van der Waals surface area contributed by atoms with Crippen LogP contribution in [0.3, 0.4) is 0 Å². The predicted octanol–water partition coefficient (Wildman–Crippen LogP) is 5.21. The number of rotatable bonds is 9. The Hall–Kier alpha value is -2.15. The molecule has 13 heteroatoms. The van der Waals surface area contributed by atoms with E-state index >= 15 is 0 Å². The summed E-state index contributed by atoms with van der Waals surface area (Å²) in [6, 6.07) is 4.04. The van der Waals surface area contributed by atoms with Gasteiger partial charge < -0.3 is 9.94 Å². The van der Waals surface area contributed by atoms with E-state index in [0.29, 0.717) is 26.9 Å². The van der Waals surface area contributed by atoms with Crippen molar-refractivity contribution in [1.29, 1.82) is 0 Å². The van der Waals surface area contributed by atoms with Crippen molar-refractivity contribution in [2.75, 3.05) is 23.9 Å². The van der Waals surface area contributed by atoms with Crippen molar-refractivity contribution >= 4 is 27.2 Å². The third-order valence-electron chi connectivity index (χ3n) is 4.27. The fourth-order valence-electron chi connectivity index (χ4n) is 2.47. The van der Waals surface area contributed by atoms with Gasteiger partial charge in [0.25, 0.3) is 5.69 Å². The van der Waals surface area contributed by atoms with Crippen molar-refractivity contribution in [3.05, 3.63) is 35.8 Å². The minimum atomic E-state index is -5.73. The molecule has 0 aliphatic carbocycles. The van der Waals surface area contributed by atoms with Gasteiger partial charge in [0, 0.05) is 11.5 Å². The van der Waals surface area contributed by atoms with E-state index in [1.807, 2.05) is 6.92 Å². The molecule has 0 aliphatic rings. The van der Waals surface area contributed by atoms with Gasteiger partial charge in [0.2, 0.25) is 6.20 Å². The molecule has 0 fully saturated rings. The van der Waals surface area contributed by atoms with Crippen molar-refractivity contribution in [2.45, 2.75) is 37.8 Å². The van der Waals surface area contributed by atoms with E-state index in [9.17, 15) is 31.4 Å². The Balaban J connectivity index is 2.38. The molecule has 178 valence electrons. The molecule has 0 saturated carbocycles. The quantitative estimate of drug-likeness (QED) is 0.205. The van der Waals surface area contributed by atoms with Crippen LogP contribution in [0.2, 0.25) is 0 Å². The first-order valence-electron chi connectivity index (χ1n) is 9.52. The van der Waals surface area contributed by atoms with E-state index in [1.165, 1.54) is 17.8 Å². The lowest BCUT2D eigenvalue weighted by Gasteiger charge is -2.19. The van der Waals surface area contributed by atoms with E-state index in [0.717, 1.165) is 18.5 Å². The molecule has 0 saturated heterocycles. The largest absolute Gasteiger partial charge is 0.618 e. The zero-order valence-corrected chi connectivity index (χ0v) is 19.1. The number of alkyl halides is 5. The Bertz CT molecular complexity index is 1040. The van der Waals surface area contributed by atoms with Crippen molar-refractivity contribution in [3.8, 4) is 17.1 Å². The lowest BCUT2D eigenvalue weighted by Crippen LogP contribution is -2.41.